The molecular formula is C3H3N3. The number of nitrogens with zero attached hydrogens (tertiary/aromatic N) is 2. The van der Waals surface area contributed by atoms with Gasteiger partial charge in [-0.25, -0.2) is 0 Å². The summed E-state index contributed by atoms with van der Waals surface area (Å²) in [7, 11) is 0. The van der Waals surface area contributed by atoms with Crippen molar-refractivity contribution in [2.24, 2.45) is 0 Å². The van der Waals surface area contributed by atoms with Crippen molar-refractivity contribution in [3.63, 3.8) is 0 Å². The molecule has 0 aliphatic rings. The van der Waals surface area contributed by atoms with Crippen molar-refractivity contribution in [1.29, 1.82) is 0 Å². The molecule has 0 bridgehead atoms. The summed E-state index contributed by atoms with van der Waals surface area (Å²) in [5, 5.41) is 9.15. The van der Waals surface area contributed by atoms with E-state index in [1.165, 1.54) is 6.20 Å². The standard InChI is InChI=1S/C3H3N3/c1-3-2-4-6-5-3/h1-2H,(H,4,5,6). The lowest BCUT2D eigenvalue weighted by Crippen LogP contribution is -1.66. The van der Waals surface area contributed by atoms with E-state index in [1.54, 1.807) is 0 Å². The van der Waals surface area contributed by atoms with Crippen LogP contribution in [0.1, 0.15) is 5.69 Å². The average Bonchev–Trinajstić information content (AvgIpc) is 1.86. The molecule has 6 heavy (non-hydrogen) atoms. The topological polar surface area (TPSA) is 41.6 Å². The van der Waals surface area contributed by atoms with Crippen molar-refractivity contribution in [3.8, 4) is 0 Å². The predicted octanol–water partition coefficient (Wildman–Crippen LogP) is -0.136. The number of hydrogen-bond acceptors (Lipinski definition) is 2. The minimum absolute atomic E-state index is 0.426. The molecular weight excluding hydrogens is 78.1 g/mol. The number of nitrogens with one attached hydrogen (secondary N) is 1. The number of rotatable bonds is 0. The molecule has 0 saturated carbocycles. The SMILES string of the molecule is [CH]c1c[nH]nn1. The average molecular weight is 81.1 g/mol. The van der Waals surface area contributed by atoms with Crippen LogP contribution >= 0.6 is 0 Å². The van der Waals surface area contributed by atoms with E-state index in [0.29, 0.717) is 5.69 Å². The van der Waals surface area contributed by atoms with E-state index in [2.05, 4.69) is 15.4 Å². The normalized spacial score (nSPS) is 8.83. The van der Waals surface area contributed by atoms with E-state index in [-0.39, 0.29) is 0 Å². The summed E-state index contributed by atoms with van der Waals surface area (Å²) in [6.45, 7) is 5.07. The van der Waals surface area contributed by atoms with Gasteiger partial charge in [0.1, 0.15) is 0 Å². The van der Waals surface area contributed by atoms with Crippen LogP contribution in [0.4, 0.5) is 0 Å². The lowest BCUT2D eigenvalue weighted by molar-refractivity contribution is 0.934. The van der Waals surface area contributed by atoms with Crippen LogP contribution in [0.25, 0.3) is 0 Å². The second-order valence-electron chi connectivity index (χ2n) is 0.898. The first kappa shape index (κ1) is 3.33. The van der Waals surface area contributed by atoms with Crippen molar-refractivity contribution in [3.05, 3.63) is 18.8 Å². The highest BCUT2D eigenvalue weighted by Gasteiger charge is 1.77. The predicted molar refractivity (Wildman–Crippen MR) is 19.8 cm³/mol. The summed E-state index contributed by atoms with van der Waals surface area (Å²) in [6.07, 6.45) is 1.51. The van der Waals surface area contributed by atoms with Gasteiger partial charge in [0.15, 0.2) is 0 Å². The van der Waals surface area contributed by atoms with E-state index in [9.17, 15) is 0 Å². The fourth-order valence-electron chi connectivity index (χ4n) is 0.210. The third kappa shape index (κ3) is 0.381. The van der Waals surface area contributed by atoms with Crippen LogP contribution in [-0.4, -0.2) is 15.4 Å². The highest BCUT2D eigenvalue weighted by molar-refractivity contribution is 4.92. The van der Waals surface area contributed by atoms with Gasteiger partial charge in [-0.15, -0.1) is 5.10 Å². The Morgan fingerprint density at radius 1 is 1.83 bits per heavy atom. The van der Waals surface area contributed by atoms with Gasteiger partial charge in [-0.2, -0.15) is 0 Å². The van der Waals surface area contributed by atoms with Gasteiger partial charge in [-0.3, -0.25) is 5.10 Å². The van der Waals surface area contributed by atoms with Gasteiger partial charge in [0, 0.05) is 13.1 Å². The first-order valence-corrected chi connectivity index (χ1v) is 1.51. The summed E-state index contributed by atoms with van der Waals surface area (Å²) >= 11 is 0. The molecule has 1 aromatic heterocycles. The Morgan fingerprint density at radius 3 is 2.83 bits per heavy atom. The molecule has 3 heteroatoms. The smallest absolute Gasteiger partial charge is 0.0869 e. The van der Waals surface area contributed by atoms with Crippen molar-refractivity contribution in [2.75, 3.05) is 0 Å². The summed E-state index contributed by atoms with van der Waals surface area (Å²) in [5.41, 5.74) is 0.426. The maximum atomic E-state index is 5.07. The molecule has 1 N–H and O–H groups in total. The van der Waals surface area contributed by atoms with E-state index >= 15 is 0 Å². The second-order valence-corrected chi connectivity index (χ2v) is 0.898. The van der Waals surface area contributed by atoms with Crippen LogP contribution in [0, 0.1) is 6.92 Å². The van der Waals surface area contributed by atoms with E-state index in [1.807, 2.05) is 0 Å². The fourth-order valence-corrected chi connectivity index (χ4v) is 0.210. The van der Waals surface area contributed by atoms with Gasteiger partial charge < -0.3 is 0 Å². The number of H-pyrrole nitrogens is 1. The molecule has 3 nitrogen and oxygen atoms in total. The molecule has 0 atom stereocenters. The molecule has 0 saturated heterocycles. The van der Waals surface area contributed by atoms with Gasteiger partial charge in [0.25, 0.3) is 0 Å². The van der Waals surface area contributed by atoms with Gasteiger partial charge in [-0.05, 0) is 0 Å². The maximum Gasteiger partial charge on any atom is 0.0869 e. The third-order valence-electron chi connectivity index (χ3n) is 0.436. The first-order valence-electron chi connectivity index (χ1n) is 1.51. The van der Waals surface area contributed by atoms with Crippen molar-refractivity contribution < 1.29 is 0 Å². The van der Waals surface area contributed by atoms with Crippen molar-refractivity contribution >= 4 is 0 Å². The Morgan fingerprint density at radius 2 is 2.67 bits per heavy atom. The third-order valence-corrected chi connectivity index (χ3v) is 0.436. The fraction of sp³-hybridized carbons (Fsp3) is 0. The molecule has 1 rings (SSSR count). The molecule has 0 spiro atoms. The maximum absolute atomic E-state index is 5.07. The van der Waals surface area contributed by atoms with Crippen LogP contribution in [0.15, 0.2) is 6.20 Å². The number of aromatic nitrogens is 3. The van der Waals surface area contributed by atoms with Gasteiger partial charge >= 0.3 is 0 Å². The Labute approximate surface area is 35.4 Å². The zero-order valence-corrected chi connectivity index (χ0v) is 3.05. The molecule has 2 radical (unpaired) electrons. The number of hydrogen-bond donors (Lipinski definition) is 1. The lowest BCUT2D eigenvalue weighted by Gasteiger charge is -1.60. The Kier molecular flexibility index (Phi) is 0.602. The quantitative estimate of drug-likeness (QED) is 0.472. The number of aromatic amines is 1. The van der Waals surface area contributed by atoms with Crippen LogP contribution in [0.3, 0.4) is 0 Å². The van der Waals surface area contributed by atoms with Crippen molar-refractivity contribution in [1.82, 2.24) is 15.4 Å². The Balaban J connectivity index is 3.05. The summed E-state index contributed by atoms with van der Waals surface area (Å²) in [6, 6.07) is 0. The molecule has 30 valence electrons. The molecule has 0 aliphatic heterocycles. The molecule has 0 aliphatic carbocycles. The van der Waals surface area contributed by atoms with Gasteiger partial charge in [0.2, 0.25) is 0 Å². The van der Waals surface area contributed by atoms with Crippen molar-refractivity contribution in [2.45, 2.75) is 0 Å². The van der Waals surface area contributed by atoms with Crippen LogP contribution in [0.2, 0.25) is 0 Å². The molecule has 0 fully saturated rings. The Bertz CT molecular complexity index is 110. The van der Waals surface area contributed by atoms with E-state index in [0.717, 1.165) is 0 Å². The van der Waals surface area contributed by atoms with Gasteiger partial charge in [-0.1, -0.05) is 5.21 Å². The first-order chi connectivity index (χ1) is 2.89. The minimum atomic E-state index is 0.426. The zero-order valence-electron chi connectivity index (χ0n) is 3.05. The molecule has 0 unspecified atom stereocenters. The zero-order chi connectivity index (χ0) is 4.41. The molecule has 1 aromatic rings. The molecule has 0 aromatic carbocycles. The monoisotopic (exact) mass is 81.0 g/mol. The summed E-state index contributed by atoms with van der Waals surface area (Å²) in [5.74, 6) is 0. The van der Waals surface area contributed by atoms with Crippen LogP contribution in [0.5, 0.6) is 0 Å². The molecule has 0 amide bonds. The summed E-state index contributed by atoms with van der Waals surface area (Å²) in [4.78, 5) is 0. The highest BCUT2D eigenvalue weighted by atomic mass is 15.3. The highest BCUT2D eigenvalue weighted by Crippen LogP contribution is 1.77. The Hall–Kier alpha value is -0.860. The minimum Gasteiger partial charge on any atom is -0.265 e. The van der Waals surface area contributed by atoms with E-state index in [4.69, 9.17) is 6.92 Å². The largest absolute Gasteiger partial charge is 0.265 e. The summed E-state index contributed by atoms with van der Waals surface area (Å²) < 4.78 is 0. The van der Waals surface area contributed by atoms with Crippen LogP contribution in [-0.2, 0) is 0 Å². The van der Waals surface area contributed by atoms with Gasteiger partial charge in [0.05, 0.1) is 5.69 Å². The molecule has 1 heterocycles. The second kappa shape index (κ2) is 1.08. The lowest BCUT2D eigenvalue weighted by atomic mass is 10.6. The van der Waals surface area contributed by atoms with E-state index < -0.39 is 0 Å². The van der Waals surface area contributed by atoms with Crippen LogP contribution < -0.4 is 0 Å².